The third kappa shape index (κ3) is 7.07. The summed E-state index contributed by atoms with van der Waals surface area (Å²) in [6.45, 7) is 0.284. The van der Waals surface area contributed by atoms with Crippen molar-refractivity contribution in [2.24, 2.45) is 16.5 Å². The van der Waals surface area contributed by atoms with E-state index >= 15 is 0 Å². The van der Waals surface area contributed by atoms with E-state index < -0.39 is 24.0 Å². The van der Waals surface area contributed by atoms with Crippen LogP contribution in [0.1, 0.15) is 18.4 Å². The van der Waals surface area contributed by atoms with Gasteiger partial charge in [0.1, 0.15) is 6.04 Å². The number of carbonyl (C=O) groups is 2. The summed E-state index contributed by atoms with van der Waals surface area (Å²) in [5.41, 5.74) is 13.5. The van der Waals surface area contributed by atoms with E-state index in [1.807, 2.05) is 6.07 Å². The van der Waals surface area contributed by atoms with E-state index in [-0.39, 0.29) is 18.9 Å². The summed E-state index contributed by atoms with van der Waals surface area (Å²) in [5.74, 6) is -1.77. The third-order valence-electron chi connectivity index (χ3n) is 3.30. The minimum absolute atomic E-state index is 0.123. The summed E-state index contributed by atoms with van der Waals surface area (Å²) < 4.78 is 0. The Bertz CT molecular complexity index is 564. The molecule has 1 amide bonds. The molecule has 0 saturated heterocycles. The van der Waals surface area contributed by atoms with Crippen LogP contribution in [0.15, 0.2) is 35.3 Å². The standard InChI is InChI=1S/C15H23N5O4/c16-11(7-4-8-18-15(17)20-24)13(21)19-12(14(22)23)9-10-5-2-1-3-6-10/h1-3,5-6,11-12,24H,4,7-9,16H2,(H,19,21)(H,22,23)(H3,17,18,20)/t11-,12-/m0/s1. The van der Waals surface area contributed by atoms with Crippen molar-refractivity contribution >= 4 is 17.8 Å². The van der Waals surface area contributed by atoms with E-state index in [4.69, 9.17) is 16.7 Å². The van der Waals surface area contributed by atoms with Gasteiger partial charge in [-0.3, -0.25) is 15.0 Å². The Morgan fingerprint density at radius 2 is 1.92 bits per heavy atom. The SMILES string of the molecule is NC(=NCCC[C@H](N)C(=O)N[C@@H](Cc1ccccc1)C(=O)O)NO. The van der Waals surface area contributed by atoms with Gasteiger partial charge in [-0.1, -0.05) is 30.3 Å². The molecule has 24 heavy (non-hydrogen) atoms. The van der Waals surface area contributed by atoms with E-state index in [1.165, 1.54) is 0 Å². The van der Waals surface area contributed by atoms with E-state index in [0.717, 1.165) is 5.56 Å². The molecule has 0 bridgehead atoms. The number of carboxylic acids is 1. The second kappa shape index (κ2) is 10.2. The van der Waals surface area contributed by atoms with Crippen molar-refractivity contribution in [2.45, 2.75) is 31.3 Å². The summed E-state index contributed by atoms with van der Waals surface area (Å²) in [5, 5.41) is 20.2. The van der Waals surface area contributed by atoms with Gasteiger partial charge in [-0.15, -0.1) is 0 Å². The van der Waals surface area contributed by atoms with Gasteiger partial charge in [0, 0.05) is 13.0 Å². The number of carboxylic acid groups (broad SMARTS) is 1. The maximum Gasteiger partial charge on any atom is 0.326 e. The lowest BCUT2D eigenvalue weighted by Crippen LogP contribution is -2.49. The summed E-state index contributed by atoms with van der Waals surface area (Å²) in [4.78, 5) is 27.1. The minimum Gasteiger partial charge on any atom is -0.480 e. The van der Waals surface area contributed by atoms with Crippen LogP contribution in [0.2, 0.25) is 0 Å². The molecule has 0 aromatic heterocycles. The molecule has 0 aliphatic heterocycles. The minimum atomic E-state index is -1.12. The van der Waals surface area contributed by atoms with E-state index in [9.17, 15) is 14.7 Å². The number of aliphatic carboxylic acids is 1. The largest absolute Gasteiger partial charge is 0.480 e. The van der Waals surface area contributed by atoms with E-state index in [0.29, 0.717) is 12.8 Å². The summed E-state index contributed by atoms with van der Waals surface area (Å²) in [6.07, 6.45) is 0.955. The Morgan fingerprint density at radius 1 is 1.25 bits per heavy atom. The number of hydrogen-bond acceptors (Lipinski definition) is 5. The lowest BCUT2D eigenvalue weighted by molar-refractivity contribution is -0.142. The first-order chi connectivity index (χ1) is 11.4. The van der Waals surface area contributed by atoms with Crippen molar-refractivity contribution in [1.82, 2.24) is 10.8 Å². The van der Waals surface area contributed by atoms with Gasteiger partial charge in [0.15, 0.2) is 0 Å². The molecule has 0 fully saturated rings. The number of benzene rings is 1. The number of guanidine groups is 1. The highest BCUT2D eigenvalue weighted by Gasteiger charge is 2.23. The summed E-state index contributed by atoms with van der Waals surface area (Å²) >= 11 is 0. The van der Waals surface area contributed by atoms with Crippen LogP contribution in [-0.2, 0) is 16.0 Å². The maximum atomic E-state index is 12.0. The van der Waals surface area contributed by atoms with Gasteiger partial charge in [0.05, 0.1) is 6.04 Å². The van der Waals surface area contributed by atoms with Gasteiger partial charge in [-0.25, -0.2) is 10.3 Å². The van der Waals surface area contributed by atoms with Crippen molar-refractivity contribution in [1.29, 1.82) is 0 Å². The van der Waals surface area contributed by atoms with Crippen LogP contribution in [0.5, 0.6) is 0 Å². The highest BCUT2D eigenvalue weighted by atomic mass is 16.5. The Kier molecular flexibility index (Phi) is 8.23. The molecule has 8 N–H and O–H groups in total. The molecule has 9 heteroatoms. The fourth-order valence-electron chi connectivity index (χ4n) is 2.01. The summed E-state index contributed by atoms with van der Waals surface area (Å²) in [6, 6.07) is 7.12. The zero-order chi connectivity index (χ0) is 17.9. The van der Waals surface area contributed by atoms with Crippen LogP contribution in [0, 0.1) is 0 Å². The molecule has 0 heterocycles. The van der Waals surface area contributed by atoms with Gasteiger partial charge in [0.25, 0.3) is 0 Å². The molecule has 0 aliphatic carbocycles. The topological polar surface area (TPSA) is 163 Å². The number of amides is 1. The lowest BCUT2D eigenvalue weighted by atomic mass is 10.0. The fraction of sp³-hybridized carbons (Fsp3) is 0.400. The van der Waals surface area contributed by atoms with Crippen LogP contribution in [0.4, 0.5) is 0 Å². The second-order valence-electron chi connectivity index (χ2n) is 5.22. The molecule has 1 aromatic carbocycles. The van der Waals surface area contributed by atoms with Crippen molar-refractivity contribution in [3.05, 3.63) is 35.9 Å². The van der Waals surface area contributed by atoms with Crippen LogP contribution in [0.25, 0.3) is 0 Å². The average molecular weight is 337 g/mol. The zero-order valence-corrected chi connectivity index (χ0v) is 13.2. The van der Waals surface area contributed by atoms with Crippen LogP contribution >= 0.6 is 0 Å². The van der Waals surface area contributed by atoms with Gasteiger partial charge < -0.3 is 21.9 Å². The predicted octanol–water partition coefficient (Wildman–Crippen LogP) is -0.800. The number of rotatable bonds is 9. The molecule has 0 aliphatic rings. The number of hydroxylamine groups is 1. The number of carbonyl (C=O) groups excluding carboxylic acids is 1. The number of nitrogens with one attached hydrogen (secondary N) is 2. The molecule has 0 unspecified atom stereocenters. The zero-order valence-electron chi connectivity index (χ0n) is 13.2. The lowest BCUT2D eigenvalue weighted by Gasteiger charge is -2.17. The average Bonchev–Trinajstić information content (AvgIpc) is 2.58. The van der Waals surface area contributed by atoms with Crippen molar-refractivity contribution in [2.75, 3.05) is 6.54 Å². The first-order valence-electron chi connectivity index (χ1n) is 7.46. The third-order valence-corrected chi connectivity index (χ3v) is 3.30. The quantitative estimate of drug-likeness (QED) is 0.149. The second-order valence-corrected chi connectivity index (χ2v) is 5.22. The number of nitrogens with two attached hydrogens (primary N) is 2. The van der Waals surface area contributed by atoms with Gasteiger partial charge in [0.2, 0.25) is 11.9 Å². The molecule has 1 rings (SSSR count). The monoisotopic (exact) mass is 337 g/mol. The maximum absolute atomic E-state index is 12.0. The Labute approximate surface area is 139 Å². The molecular weight excluding hydrogens is 314 g/mol. The van der Waals surface area contributed by atoms with Gasteiger partial charge in [-0.2, -0.15) is 0 Å². The van der Waals surface area contributed by atoms with E-state index in [1.54, 1.807) is 29.7 Å². The van der Waals surface area contributed by atoms with Crippen molar-refractivity contribution < 1.29 is 19.9 Å². The fourth-order valence-corrected chi connectivity index (χ4v) is 2.01. The number of aliphatic imine (C=N–C) groups is 1. The summed E-state index contributed by atoms with van der Waals surface area (Å²) in [7, 11) is 0. The van der Waals surface area contributed by atoms with E-state index in [2.05, 4.69) is 10.3 Å². The van der Waals surface area contributed by atoms with Crippen LogP contribution in [-0.4, -0.2) is 46.8 Å². The molecular formula is C15H23N5O4. The van der Waals surface area contributed by atoms with Crippen molar-refractivity contribution in [3.8, 4) is 0 Å². The predicted molar refractivity (Wildman–Crippen MR) is 88.3 cm³/mol. The first kappa shape index (κ1) is 19.4. The first-order valence-corrected chi connectivity index (χ1v) is 7.46. The van der Waals surface area contributed by atoms with Crippen LogP contribution < -0.4 is 22.3 Å². The number of hydrogen-bond donors (Lipinski definition) is 6. The highest BCUT2D eigenvalue weighted by molar-refractivity contribution is 5.86. The molecule has 9 nitrogen and oxygen atoms in total. The molecule has 0 saturated carbocycles. The molecule has 2 atom stereocenters. The number of nitrogens with zero attached hydrogens (tertiary/aromatic N) is 1. The van der Waals surface area contributed by atoms with Gasteiger partial charge >= 0.3 is 5.97 Å². The Balaban J connectivity index is 2.48. The molecule has 1 aromatic rings. The normalized spacial score (nSPS) is 13.8. The highest BCUT2D eigenvalue weighted by Crippen LogP contribution is 2.04. The van der Waals surface area contributed by atoms with Gasteiger partial charge in [-0.05, 0) is 18.4 Å². The molecule has 0 radical (unpaired) electrons. The Morgan fingerprint density at radius 3 is 2.50 bits per heavy atom. The van der Waals surface area contributed by atoms with Crippen LogP contribution in [0.3, 0.4) is 0 Å². The van der Waals surface area contributed by atoms with Crippen molar-refractivity contribution in [3.63, 3.8) is 0 Å². The smallest absolute Gasteiger partial charge is 0.326 e. The molecule has 132 valence electrons. The Hall–Kier alpha value is -2.65. The molecule has 0 spiro atoms.